The molecule has 1 aromatic heterocycles. The highest BCUT2D eigenvalue weighted by atomic mass is 32.2. The third-order valence-corrected chi connectivity index (χ3v) is 2.70. The van der Waals surface area contributed by atoms with Gasteiger partial charge in [-0.05, 0) is 0 Å². The van der Waals surface area contributed by atoms with Gasteiger partial charge >= 0.3 is 0 Å². The molecular formula is C7H8F2N2O4S. The summed E-state index contributed by atoms with van der Waals surface area (Å²) in [6.45, 7) is 0. The number of aromatic nitrogens is 1. The molecular weight excluding hydrogens is 246 g/mol. The van der Waals surface area contributed by atoms with E-state index in [1.165, 1.54) is 0 Å². The van der Waals surface area contributed by atoms with E-state index < -0.39 is 38.2 Å². The smallest absolute Gasteiger partial charge is 0.272 e. The van der Waals surface area contributed by atoms with Crippen LogP contribution in [0.3, 0.4) is 0 Å². The zero-order valence-corrected chi connectivity index (χ0v) is 8.85. The lowest BCUT2D eigenvalue weighted by atomic mass is 10.2. The number of sulfonamides is 1. The van der Waals surface area contributed by atoms with Crippen molar-refractivity contribution < 1.29 is 21.9 Å². The summed E-state index contributed by atoms with van der Waals surface area (Å²) in [4.78, 5) is 12.0. The van der Waals surface area contributed by atoms with Gasteiger partial charge in [0.05, 0.1) is 12.7 Å². The van der Waals surface area contributed by atoms with Crippen LogP contribution in [0.1, 0.15) is 12.0 Å². The number of hydrogen-bond acceptors (Lipinski definition) is 4. The zero-order valence-electron chi connectivity index (χ0n) is 8.03. The van der Waals surface area contributed by atoms with Crippen LogP contribution in [0.25, 0.3) is 0 Å². The number of aromatic amines is 1. The van der Waals surface area contributed by atoms with Crippen LogP contribution in [0, 0.1) is 0 Å². The van der Waals surface area contributed by atoms with Crippen LogP contribution >= 0.6 is 0 Å². The number of rotatable bonds is 3. The first-order valence-corrected chi connectivity index (χ1v) is 5.44. The zero-order chi connectivity index (χ0) is 12.5. The predicted octanol–water partition coefficient (Wildman–Crippen LogP) is -0.0315. The molecule has 0 aliphatic carbocycles. The third kappa shape index (κ3) is 2.19. The first-order chi connectivity index (χ1) is 7.29. The van der Waals surface area contributed by atoms with Crippen LogP contribution < -0.4 is 15.4 Å². The second-order valence-electron chi connectivity index (χ2n) is 2.78. The molecule has 0 fully saturated rings. The Morgan fingerprint density at radius 1 is 1.50 bits per heavy atom. The summed E-state index contributed by atoms with van der Waals surface area (Å²) >= 11 is 0. The molecule has 0 aromatic carbocycles. The van der Waals surface area contributed by atoms with Gasteiger partial charge < -0.3 is 9.72 Å². The number of nitrogens with one attached hydrogen (secondary N) is 1. The van der Waals surface area contributed by atoms with Gasteiger partial charge in [-0.1, -0.05) is 0 Å². The number of alkyl halides is 2. The van der Waals surface area contributed by atoms with E-state index >= 15 is 0 Å². The van der Waals surface area contributed by atoms with Gasteiger partial charge in [0.1, 0.15) is 0 Å². The molecule has 0 spiro atoms. The molecule has 0 radical (unpaired) electrons. The van der Waals surface area contributed by atoms with Gasteiger partial charge in [-0.15, -0.1) is 0 Å². The molecule has 0 unspecified atom stereocenters. The fourth-order valence-electron chi connectivity index (χ4n) is 1.14. The molecule has 0 aliphatic rings. The molecule has 0 aliphatic heterocycles. The summed E-state index contributed by atoms with van der Waals surface area (Å²) in [5.74, 6) is -0.735. The number of methoxy groups -OCH3 is 1. The maximum absolute atomic E-state index is 12.5. The van der Waals surface area contributed by atoms with Crippen LogP contribution in [-0.4, -0.2) is 20.5 Å². The number of nitrogens with two attached hydrogens (primary N) is 1. The standard InChI is InChI=1S/C7H8F2N2O4S/c1-15-4-3(6(8)9)2-11-7(12)5(4)16(10,13)14/h2,6H,1H3,(H,11,12)(H2,10,13,14). The number of halogens is 2. The van der Waals surface area contributed by atoms with Crippen molar-refractivity contribution in [2.75, 3.05) is 7.11 Å². The Balaban J connectivity index is 3.72. The molecule has 0 saturated heterocycles. The van der Waals surface area contributed by atoms with Crippen LogP contribution in [0.4, 0.5) is 8.78 Å². The van der Waals surface area contributed by atoms with Gasteiger partial charge in [-0.3, -0.25) is 4.79 Å². The Bertz CT molecular complexity index is 552. The summed E-state index contributed by atoms with van der Waals surface area (Å²) in [5, 5.41) is 4.73. The number of hydrogen-bond donors (Lipinski definition) is 2. The highest BCUT2D eigenvalue weighted by Gasteiger charge is 2.26. The van der Waals surface area contributed by atoms with Crippen molar-refractivity contribution in [2.45, 2.75) is 11.3 Å². The topological polar surface area (TPSA) is 102 Å². The number of primary sulfonamides is 1. The fourth-order valence-corrected chi connectivity index (χ4v) is 1.92. The van der Waals surface area contributed by atoms with Crippen LogP contribution in [0.2, 0.25) is 0 Å². The molecule has 0 saturated carbocycles. The van der Waals surface area contributed by atoms with Crippen molar-refractivity contribution in [1.29, 1.82) is 0 Å². The molecule has 16 heavy (non-hydrogen) atoms. The predicted molar refractivity (Wildman–Crippen MR) is 49.9 cm³/mol. The van der Waals surface area contributed by atoms with Gasteiger partial charge in [0.25, 0.3) is 12.0 Å². The number of H-pyrrole nitrogens is 1. The molecule has 1 heterocycles. The van der Waals surface area contributed by atoms with Crippen molar-refractivity contribution >= 4 is 10.0 Å². The second kappa shape index (κ2) is 4.18. The van der Waals surface area contributed by atoms with E-state index in [1.807, 2.05) is 4.98 Å². The summed E-state index contributed by atoms with van der Waals surface area (Å²) in [6.07, 6.45) is -2.31. The molecule has 90 valence electrons. The SMILES string of the molecule is COc1c(C(F)F)c[nH]c(=O)c1S(N)(=O)=O. The Labute approximate surface area is 89.1 Å². The molecule has 1 aromatic rings. The van der Waals surface area contributed by atoms with Gasteiger partial charge in [-0.2, -0.15) is 0 Å². The van der Waals surface area contributed by atoms with Gasteiger partial charge in [0.15, 0.2) is 10.6 Å². The Morgan fingerprint density at radius 2 is 2.06 bits per heavy atom. The lowest BCUT2D eigenvalue weighted by Gasteiger charge is -2.10. The van der Waals surface area contributed by atoms with Crippen LogP contribution in [0.5, 0.6) is 5.75 Å². The lowest BCUT2D eigenvalue weighted by Crippen LogP contribution is -2.25. The van der Waals surface area contributed by atoms with Gasteiger partial charge in [0, 0.05) is 6.20 Å². The van der Waals surface area contributed by atoms with Crippen molar-refractivity contribution in [3.63, 3.8) is 0 Å². The monoisotopic (exact) mass is 254 g/mol. The molecule has 6 nitrogen and oxygen atoms in total. The van der Waals surface area contributed by atoms with E-state index in [0.29, 0.717) is 6.20 Å². The normalized spacial score (nSPS) is 11.8. The van der Waals surface area contributed by atoms with E-state index in [9.17, 15) is 22.0 Å². The maximum atomic E-state index is 12.5. The second-order valence-corrected chi connectivity index (χ2v) is 4.28. The Hall–Kier alpha value is -1.48. The van der Waals surface area contributed by atoms with Crippen LogP contribution in [-0.2, 0) is 10.0 Å². The minimum Gasteiger partial charge on any atom is -0.495 e. The van der Waals surface area contributed by atoms with E-state index in [4.69, 9.17) is 5.14 Å². The molecule has 0 atom stereocenters. The molecule has 9 heteroatoms. The van der Waals surface area contributed by atoms with Crippen molar-refractivity contribution in [3.05, 3.63) is 22.1 Å². The average molecular weight is 254 g/mol. The maximum Gasteiger partial charge on any atom is 0.272 e. The summed E-state index contributed by atoms with van der Waals surface area (Å²) in [7, 11) is -3.47. The molecule has 0 bridgehead atoms. The van der Waals surface area contributed by atoms with E-state index in [2.05, 4.69) is 4.74 Å². The fraction of sp³-hybridized carbons (Fsp3) is 0.286. The van der Waals surface area contributed by atoms with Crippen molar-refractivity contribution in [2.24, 2.45) is 5.14 Å². The highest BCUT2D eigenvalue weighted by Crippen LogP contribution is 2.30. The van der Waals surface area contributed by atoms with Crippen molar-refractivity contribution in [1.82, 2.24) is 4.98 Å². The first kappa shape index (κ1) is 12.6. The first-order valence-electron chi connectivity index (χ1n) is 3.89. The Morgan fingerprint density at radius 3 is 2.44 bits per heavy atom. The number of ether oxygens (including phenoxy) is 1. The summed E-state index contributed by atoms with van der Waals surface area (Å²) in [5.41, 5.74) is -1.85. The average Bonchev–Trinajstić information content (AvgIpc) is 2.14. The third-order valence-electron chi connectivity index (χ3n) is 1.76. The minimum absolute atomic E-state index is 0.681. The molecule has 1 rings (SSSR count). The van der Waals surface area contributed by atoms with Crippen LogP contribution in [0.15, 0.2) is 15.9 Å². The summed E-state index contributed by atoms with van der Waals surface area (Å²) < 4.78 is 51.5. The molecule has 0 amide bonds. The number of pyridine rings is 1. The summed E-state index contributed by atoms with van der Waals surface area (Å²) in [6, 6.07) is 0. The van der Waals surface area contributed by atoms with Crippen molar-refractivity contribution in [3.8, 4) is 5.75 Å². The molecule has 3 N–H and O–H groups in total. The quantitative estimate of drug-likeness (QED) is 0.790. The highest BCUT2D eigenvalue weighted by molar-refractivity contribution is 7.89. The van der Waals surface area contributed by atoms with Gasteiger partial charge in [-0.25, -0.2) is 22.3 Å². The largest absolute Gasteiger partial charge is 0.495 e. The van der Waals surface area contributed by atoms with E-state index in [0.717, 1.165) is 7.11 Å². The van der Waals surface area contributed by atoms with Gasteiger partial charge in [0.2, 0.25) is 10.0 Å². The van der Waals surface area contributed by atoms with E-state index in [1.54, 1.807) is 0 Å². The lowest BCUT2D eigenvalue weighted by molar-refractivity contribution is 0.145. The Kier molecular flexibility index (Phi) is 3.29. The minimum atomic E-state index is -4.43. The van der Waals surface area contributed by atoms with E-state index in [-0.39, 0.29) is 0 Å².